The first-order valence-electron chi connectivity index (χ1n) is 6.91. The zero-order valence-corrected chi connectivity index (χ0v) is 13.0. The summed E-state index contributed by atoms with van der Waals surface area (Å²) >= 11 is 0. The van der Waals surface area contributed by atoms with E-state index >= 15 is 0 Å². The molecule has 0 amide bonds. The van der Waals surface area contributed by atoms with Crippen molar-refractivity contribution in [2.75, 3.05) is 0 Å². The monoisotopic (exact) mass is 296 g/mol. The second kappa shape index (κ2) is 8.66. The molecule has 0 saturated carbocycles. The van der Waals surface area contributed by atoms with Crippen molar-refractivity contribution in [2.45, 2.75) is 19.9 Å². The first kappa shape index (κ1) is 17.5. The molecule has 0 saturated heterocycles. The number of benzene rings is 1. The van der Waals surface area contributed by atoms with Crippen molar-refractivity contribution in [3.8, 4) is 12.3 Å². The molecule has 2 aliphatic heterocycles. The molecule has 2 nitrogen and oxygen atoms in total. The Morgan fingerprint density at radius 3 is 2.36 bits per heavy atom. The average Bonchev–Trinajstić information content (AvgIpc) is 2.88. The van der Waals surface area contributed by atoms with Crippen molar-refractivity contribution in [1.29, 1.82) is 0 Å². The summed E-state index contributed by atoms with van der Waals surface area (Å²) in [6.45, 7) is 9.75. The first-order chi connectivity index (χ1) is 10.7. The van der Waals surface area contributed by atoms with Gasteiger partial charge in [-0.1, -0.05) is 18.2 Å². The lowest BCUT2D eigenvalue weighted by Gasteiger charge is -2.19. The molecule has 2 heterocycles. The Balaban J connectivity index is 0.000000435. The Morgan fingerprint density at radius 2 is 1.82 bits per heavy atom. The summed E-state index contributed by atoms with van der Waals surface area (Å²) in [6, 6.07) is 6.76. The molecule has 0 aliphatic carbocycles. The average molecular weight is 296 g/mol. The molecular weight excluding hydrogens is 275 g/mol. The van der Waals surface area contributed by atoms with Crippen LogP contribution in [-0.4, -0.2) is 5.01 Å². The van der Waals surface area contributed by atoms with Crippen LogP contribution < -0.4 is 5.43 Å². The standard InChI is InChI=1S/C14H13FN2.C3H4.C2H4/c1-10-13-4-2-3-9-17(13)16-14(10)11-5-7-12(15)8-6-11;1-3-2;1-2/h2-9,14,16H,1H3;1H,2H3;1-2H2. The third kappa shape index (κ3) is 3.97. The van der Waals surface area contributed by atoms with Crippen LogP contribution in [0.15, 0.2) is 73.1 Å². The molecule has 0 radical (unpaired) electrons. The Bertz CT molecular complexity index is 618. The molecular formula is C19H21FN2. The van der Waals surface area contributed by atoms with Gasteiger partial charge in [-0.15, -0.1) is 25.5 Å². The summed E-state index contributed by atoms with van der Waals surface area (Å²) in [5, 5.41) is 2.00. The molecule has 1 atom stereocenters. The van der Waals surface area contributed by atoms with Gasteiger partial charge in [-0.25, -0.2) is 9.82 Å². The van der Waals surface area contributed by atoms with Crippen LogP contribution in [0.25, 0.3) is 0 Å². The third-order valence-corrected chi connectivity index (χ3v) is 3.17. The number of nitrogens with one attached hydrogen (secondary N) is 1. The van der Waals surface area contributed by atoms with Gasteiger partial charge in [-0.05, 0) is 49.3 Å². The number of allylic oxidation sites excluding steroid dienone is 3. The minimum Gasteiger partial charge on any atom is -0.283 e. The minimum absolute atomic E-state index is 0.123. The summed E-state index contributed by atoms with van der Waals surface area (Å²) in [5.41, 5.74) is 6.87. The van der Waals surface area contributed by atoms with Gasteiger partial charge in [0.2, 0.25) is 0 Å². The number of terminal acetylenes is 1. The zero-order valence-electron chi connectivity index (χ0n) is 13.0. The van der Waals surface area contributed by atoms with Crippen LogP contribution in [0, 0.1) is 18.2 Å². The molecule has 3 heteroatoms. The Morgan fingerprint density at radius 1 is 1.23 bits per heavy atom. The predicted molar refractivity (Wildman–Crippen MR) is 90.9 cm³/mol. The molecule has 2 aliphatic rings. The largest absolute Gasteiger partial charge is 0.283 e. The van der Waals surface area contributed by atoms with Crippen LogP contribution in [0.5, 0.6) is 0 Å². The number of nitrogens with zero attached hydrogens (tertiary/aromatic N) is 1. The molecule has 1 aromatic rings. The molecule has 0 aromatic heterocycles. The third-order valence-electron chi connectivity index (χ3n) is 3.17. The fourth-order valence-corrected chi connectivity index (χ4v) is 2.24. The van der Waals surface area contributed by atoms with Crippen molar-refractivity contribution < 1.29 is 4.39 Å². The Hall–Kier alpha value is -2.57. The molecule has 1 unspecified atom stereocenters. The molecule has 0 spiro atoms. The van der Waals surface area contributed by atoms with Crippen molar-refractivity contribution >= 4 is 0 Å². The summed E-state index contributed by atoms with van der Waals surface area (Å²) in [4.78, 5) is 0. The highest BCUT2D eigenvalue weighted by Gasteiger charge is 2.27. The zero-order chi connectivity index (χ0) is 16.5. The van der Waals surface area contributed by atoms with E-state index in [1.165, 1.54) is 23.4 Å². The van der Waals surface area contributed by atoms with Gasteiger partial charge in [0.15, 0.2) is 0 Å². The van der Waals surface area contributed by atoms with Gasteiger partial charge < -0.3 is 0 Å². The fraction of sp³-hybridized carbons (Fsp3) is 0.158. The lowest BCUT2D eigenvalue weighted by molar-refractivity contribution is 0.352. The first-order valence-corrected chi connectivity index (χ1v) is 6.91. The number of hydrazine groups is 1. The van der Waals surface area contributed by atoms with Gasteiger partial charge in [-0.2, -0.15) is 0 Å². The van der Waals surface area contributed by atoms with E-state index in [2.05, 4.69) is 43.9 Å². The van der Waals surface area contributed by atoms with E-state index in [1.807, 2.05) is 35.5 Å². The molecule has 3 rings (SSSR count). The molecule has 0 fully saturated rings. The van der Waals surface area contributed by atoms with Crippen LogP contribution in [0.4, 0.5) is 4.39 Å². The number of hydrogen-bond acceptors (Lipinski definition) is 2. The number of hydrogen-bond donors (Lipinski definition) is 1. The summed E-state index contributed by atoms with van der Waals surface area (Å²) in [5.74, 6) is 2.05. The Kier molecular flexibility index (Phi) is 6.88. The van der Waals surface area contributed by atoms with Crippen molar-refractivity contribution in [3.05, 3.63) is 84.5 Å². The normalized spacial score (nSPS) is 17.7. The minimum atomic E-state index is -0.199. The van der Waals surface area contributed by atoms with E-state index in [-0.39, 0.29) is 11.9 Å². The second-order valence-corrected chi connectivity index (χ2v) is 4.54. The van der Waals surface area contributed by atoms with Crippen LogP contribution >= 0.6 is 0 Å². The van der Waals surface area contributed by atoms with Gasteiger partial charge in [0.25, 0.3) is 0 Å². The maximum Gasteiger partial charge on any atom is 0.123 e. The van der Waals surface area contributed by atoms with Gasteiger partial charge in [0.1, 0.15) is 5.82 Å². The summed E-state index contributed by atoms with van der Waals surface area (Å²) < 4.78 is 12.9. The lowest BCUT2D eigenvalue weighted by Crippen LogP contribution is -2.29. The van der Waals surface area contributed by atoms with Crippen LogP contribution in [-0.2, 0) is 0 Å². The van der Waals surface area contributed by atoms with E-state index < -0.39 is 0 Å². The highest BCUT2D eigenvalue weighted by Crippen LogP contribution is 2.33. The van der Waals surface area contributed by atoms with Crippen molar-refractivity contribution in [2.24, 2.45) is 0 Å². The maximum absolute atomic E-state index is 12.9. The maximum atomic E-state index is 12.9. The van der Waals surface area contributed by atoms with Gasteiger partial charge in [-0.3, -0.25) is 5.01 Å². The lowest BCUT2D eigenvalue weighted by atomic mass is 10.00. The van der Waals surface area contributed by atoms with E-state index in [4.69, 9.17) is 0 Å². The topological polar surface area (TPSA) is 15.3 Å². The van der Waals surface area contributed by atoms with Crippen molar-refractivity contribution in [3.63, 3.8) is 0 Å². The fourth-order valence-electron chi connectivity index (χ4n) is 2.24. The van der Waals surface area contributed by atoms with Gasteiger partial charge in [0.05, 0.1) is 11.7 Å². The molecule has 1 N–H and O–H groups in total. The molecule has 0 bridgehead atoms. The predicted octanol–water partition coefficient (Wildman–Crippen LogP) is 4.49. The summed E-state index contributed by atoms with van der Waals surface area (Å²) in [6.07, 6.45) is 12.7. The van der Waals surface area contributed by atoms with E-state index in [0.29, 0.717) is 0 Å². The Labute approximate surface area is 132 Å². The van der Waals surface area contributed by atoms with Crippen LogP contribution in [0.1, 0.15) is 25.5 Å². The van der Waals surface area contributed by atoms with Crippen LogP contribution in [0.2, 0.25) is 0 Å². The van der Waals surface area contributed by atoms with Crippen molar-refractivity contribution in [1.82, 2.24) is 10.4 Å². The highest BCUT2D eigenvalue weighted by atomic mass is 19.1. The summed E-state index contributed by atoms with van der Waals surface area (Å²) in [7, 11) is 0. The molecule has 1 aromatic carbocycles. The molecule has 22 heavy (non-hydrogen) atoms. The molecule has 114 valence electrons. The van der Waals surface area contributed by atoms with Gasteiger partial charge >= 0.3 is 0 Å². The van der Waals surface area contributed by atoms with E-state index in [0.717, 1.165) is 5.56 Å². The number of halogens is 1. The van der Waals surface area contributed by atoms with E-state index in [9.17, 15) is 4.39 Å². The quantitative estimate of drug-likeness (QED) is 0.607. The van der Waals surface area contributed by atoms with Crippen LogP contribution in [0.3, 0.4) is 0 Å². The SMILES string of the molecule is C#CC.C=C.CC1=C2C=CC=CN2NC1c1ccc(F)cc1. The smallest absolute Gasteiger partial charge is 0.123 e. The van der Waals surface area contributed by atoms with Gasteiger partial charge in [0, 0.05) is 6.20 Å². The number of rotatable bonds is 1. The number of fused-ring (bicyclic) bond motifs is 1. The highest BCUT2D eigenvalue weighted by molar-refractivity contribution is 5.40. The van der Waals surface area contributed by atoms with E-state index in [1.54, 1.807) is 6.92 Å². The second-order valence-electron chi connectivity index (χ2n) is 4.54.